The van der Waals surface area contributed by atoms with Crippen LogP contribution in [0.25, 0.3) is 11.1 Å². The van der Waals surface area contributed by atoms with E-state index in [4.69, 9.17) is 5.11 Å². The summed E-state index contributed by atoms with van der Waals surface area (Å²) in [6, 6.07) is 17.7. The lowest BCUT2D eigenvalue weighted by Gasteiger charge is -2.13. The van der Waals surface area contributed by atoms with Gasteiger partial charge in [0.1, 0.15) is 6.04 Å². The van der Waals surface area contributed by atoms with Gasteiger partial charge in [-0.1, -0.05) is 61.5 Å². The minimum absolute atomic E-state index is 0.498. The minimum atomic E-state index is -0.806. The highest BCUT2D eigenvalue weighted by Crippen LogP contribution is 2.19. The van der Waals surface area contributed by atoms with Crippen molar-refractivity contribution < 1.29 is 9.90 Å². The number of hydrogen-bond acceptors (Lipinski definition) is 2. The van der Waals surface area contributed by atoms with Crippen LogP contribution in [-0.2, 0) is 11.2 Å². The van der Waals surface area contributed by atoms with Gasteiger partial charge in [-0.3, -0.25) is 4.79 Å². The van der Waals surface area contributed by atoms with Gasteiger partial charge in [0.25, 0.3) is 0 Å². The zero-order chi connectivity index (χ0) is 14.4. The Bertz CT molecular complexity index is 549. The van der Waals surface area contributed by atoms with E-state index in [1.165, 1.54) is 5.56 Å². The summed E-state index contributed by atoms with van der Waals surface area (Å²) in [7, 11) is 0. The van der Waals surface area contributed by atoms with Crippen LogP contribution >= 0.6 is 0 Å². The van der Waals surface area contributed by atoms with Crippen LogP contribution in [0, 0.1) is 0 Å². The number of likely N-dealkylation sites (N-methyl/N-ethyl adjacent to an activating group) is 1. The molecule has 2 aromatic carbocycles. The molecule has 20 heavy (non-hydrogen) atoms. The van der Waals surface area contributed by atoms with Crippen LogP contribution in [0.2, 0.25) is 0 Å². The molecule has 104 valence electrons. The number of nitrogens with one attached hydrogen (secondary N) is 1. The Labute approximate surface area is 119 Å². The van der Waals surface area contributed by atoms with Crippen LogP contribution in [-0.4, -0.2) is 23.7 Å². The molecule has 3 nitrogen and oxygen atoms in total. The van der Waals surface area contributed by atoms with E-state index in [0.717, 1.165) is 11.1 Å². The van der Waals surface area contributed by atoms with E-state index in [1.54, 1.807) is 0 Å². The molecule has 0 fully saturated rings. The van der Waals surface area contributed by atoms with Gasteiger partial charge in [-0.15, -0.1) is 0 Å². The highest BCUT2D eigenvalue weighted by molar-refractivity contribution is 5.74. The number of hydrogen-bond donors (Lipinski definition) is 2. The first-order valence-corrected chi connectivity index (χ1v) is 6.81. The zero-order valence-corrected chi connectivity index (χ0v) is 11.5. The van der Waals surface area contributed by atoms with Crippen molar-refractivity contribution in [3.8, 4) is 11.1 Å². The lowest BCUT2D eigenvalue weighted by atomic mass is 10.0. The van der Waals surface area contributed by atoms with Crippen LogP contribution in [0.5, 0.6) is 0 Å². The third kappa shape index (κ3) is 3.68. The van der Waals surface area contributed by atoms with E-state index < -0.39 is 12.0 Å². The molecule has 0 bridgehead atoms. The Balaban J connectivity index is 2.10. The van der Waals surface area contributed by atoms with E-state index in [2.05, 4.69) is 17.4 Å². The number of rotatable bonds is 6. The SMILES string of the molecule is CCN[C@@H](Cc1ccc(-c2ccccc2)cc1)C(=O)O. The zero-order valence-electron chi connectivity index (χ0n) is 11.5. The average Bonchev–Trinajstić information content (AvgIpc) is 2.48. The Hall–Kier alpha value is -2.13. The third-order valence-corrected chi connectivity index (χ3v) is 3.25. The standard InChI is InChI=1S/C17H19NO2/c1-2-18-16(17(19)20)12-13-8-10-15(11-9-13)14-6-4-3-5-7-14/h3-11,16,18H,2,12H2,1H3,(H,19,20)/t16-/m0/s1. The van der Waals surface area contributed by atoms with Crippen LogP contribution in [0.3, 0.4) is 0 Å². The van der Waals surface area contributed by atoms with Crippen molar-refractivity contribution in [2.24, 2.45) is 0 Å². The Morgan fingerprint density at radius 3 is 2.20 bits per heavy atom. The van der Waals surface area contributed by atoms with Crippen LogP contribution in [0.1, 0.15) is 12.5 Å². The van der Waals surface area contributed by atoms with Gasteiger partial charge in [0, 0.05) is 0 Å². The summed E-state index contributed by atoms with van der Waals surface area (Å²) in [6.45, 7) is 2.56. The summed E-state index contributed by atoms with van der Waals surface area (Å²) in [5.74, 6) is -0.806. The predicted octanol–water partition coefficient (Wildman–Crippen LogP) is 2.96. The van der Waals surface area contributed by atoms with Crippen LogP contribution in [0.15, 0.2) is 54.6 Å². The minimum Gasteiger partial charge on any atom is -0.480 e. The van der Waals surface area contributed by atoms with E-state index >= 15 is 0 Å². The molecule has 0 saturated heterocycles. The van der Waals surface area contributed by atoms with E-state index in [0.29, 0.717) is 13.0 Å². The lowest BCUT2D eigenvalue weighted by molar-refractivity contribution is -0.139. The molecule has 2 N–H and O–H groups in total. The summed E-state index contributed by atoms with van der Waals surface area (Å²) >= 11 is 0. The van der Waals surface area contributed by atoms with Gasteiger partial charge in [-0.2, -0.15) is 0 Å². The Morgan fingerprint density at radius 1 is 1.05 bits per heavy atom. The highest BCUT2D eigenvalue weighted by Gasteiger charge is 2.16. The van der Waals surface area contributed by atoms with Gasteiger partial charge < -0.3 is 10.4 Å². The molecule has 0 radical (unpaired) electrons. The van der Waals surface area contributed by atoms with Crippen LogP contribution in [0.4, 0.5) is 0 Å². The molecule has 0 aliphatic heterocycles. The maximum Gasteiger partial charge on any atom is 0.321 e. The molecule has 0 unspecified atom stereocenters. The molecule has 1 atom stereocenters. The topological polar surface area (TPSA) is 49.3 Å². The fourth-order valence-electron chi connectivity index (χ4n) is 2.19. The molecule has 0 aliphatic carbocycles. The number of carboxylic acids is 1. The van der Waals surface area contributed by atoms with Crippen molar-refractivity contribution in [3.05, 3.63) is 60.2 Å². The number of carboxylic acid groups (broad SMARTS) is 1. The van der Waals surface area contributed by atoms with E-state index in [1.807, 2.05) is 49.4 Å². The summed E-state index contributed by atoms with van der Waals surface area (Å²) in [5.41, 5.74) is 3.34. The first-order valence-electron chi connectivity index (χ1n) is 6.81. The number of benzene rings is 2. The van der Waals surface area contributed by atoms with Crippen molar-refractivity contribution in [2.45, 2.75) is 19.4 Å². The third-order valence-electron chi connectivity index (χ3n) is 3.25. The molecule has 2 rings (SSSR count). The molecule has 0 amide bonds. The summed E-state index contributed by atoms with van der Waals surface area (Å²) in [4.78, 5) is 11.1. The fraction of sp³-hybridized carbons (Fsp3) is 0.235. The summed E-state index contributed by atoms with van der Waals surface area (Å²) in [5, 5.41) is 12.1. The molecular weight excluding hydrogens is 250 g/mol. The molecular formula is C17H19NO2. The summed E-state index contributed by atoms with van der Waals surface area (Å²) in [6.07, 6.45) is 0.498. The van der Waals surface area contributed by atoms with Crippen molar-refractivity contribution in [1.82, 2.24) is 5.32 Å². The molecule has 0 aromatic heterocycles. The second-order valence-electron chi connectivity index (χ2n) is 4.72. The average molecular weight is 269 g/mol. The quantitative estimate of drug-likeness (QED) is 0.847. The molecule has 2 aromatic rings. The second kappa shape index (κ2) is 6.87. The second-order valence-corrected chi connectivity index (χ2v) is 4.72. The normalized spacial score (nSPS) is 12.1. The summed E-state index contributed by atoms with van der Waals surface area (Å²) < 4.78 is 0. The van der Waals surface area contributed by atoms with Gasteiger partial charge >= 0.3 is 5.97 Å². The van der Waals surface area contributed by atoms with Crippen molar-refractivity contribution in [1.29, 1.82) is 0 Å². The highest BCUT2D eigenvalue weighted by atomic mass is 16.4. The molecule has 3 heteroatoms. The monoisotopic (exact) mass is 269 g/mol. The predicted molar refractivity (Wildman–Crippen MR) is 80.7 cm³/mol. The van der Waals surface area contributed by atoms with Gasteiger partial charge in [-0.25, -0.2) is 0 Å². The van der Waals surface area contributed by atoms with Gasteiger partial charge in [0.05, 0.1) is 0 Å². The first kappa shape index (κ1) is 14.3. The number of aliphatic carboxylic acids is 1. The van der Waals surface area contributed by atoms with Crippen molar-refractivity contribution in [3.63, 3.8) is 0 Å². The van der Waals surface area contributed by atoms with E-state index in [9.17, 15) is 4.79 Å². The smallest absolute Gasteiger partial charge is 0.321 e. The maximum absolute atomic E-state index is 11.1. The van der Waals surface area contributed by atoms with Gasteiger partial charge in [0.15, 0.2) is 0 Å². The van der Waals surface area contributed by atoms with Crippen molar-refractivity contribution in [2.75, 3.05) is 6.54 Å². The lowest BCUT2D eigenvalue weighted by Crippen LogP contribution is -2.38. The van der Waals surface area contributed by atoms with Crippen LogP contribution < -0.4 is 5.32 Å². The maximum atomic E-state index is 11.1. The fourth-order valence-corrected chi connectivity index (χ4v) is 2.19. The molecule has 0 heterocycles. The molecule has 0 aliphatic rings. The van der Waals surface area contributed by atoms with Gasteiger partial charge in [0.2, 0.25) is 0 Å². The van der Waals surface area contributed by atoms with Crippen molar-refractivity contribution >= 4 is 5.97 Å². The van der Waals surface area contributed by atoms with E-state index in [-0.39, 0.29) is 0 Å². The molecule has 0 saturated carbocycles. The molecule has 0 spiro atoms. The largest absolute Gasteiger partial charge is 0.480 e. The number of carbonyl (C=O) groups is 1. The van der Waals surface area contributed by atoms with Gasteiger partial charge in [-0.05, 0) is 29.7 Å². The Morgan fingerprint density at radius 2 is 1.65 bits per heavy atom. The first-order chi connectivity index (χ1) is 9.70. The Kier molecular flexibility index (Phi) is 4.91.